The molecule has 0 bridgehead atoms. The number of rotatable bonds is 5. The van der Waals surface area contributed by atoms with Crippen molar-refractivity contribution in [2.45, 2.75) is 32.1 Å². The molecular formula is C17H20N2O2. The van der Waals surface area contributed by atoms with Crippen molar-refractivity contribution in [2.75, 3.05) is 7.05 Å². The molecule has 0 aliphatic heterocycles. The number of nitrogens with one attached hydrogen (secondary N) is 1. The second kappa shape index (κ2) is 6.09. The summed E-state index contributed by atoms with van der Waals surface area (Å²) in [5.74, 6) is -1.51. The number of nitrogens with zero attached hydrogens (tertiary/aromatic N) is 1. The molecule has 1 saturated carbocycles. The van der Waals surface area contributed by atoms with Crippen LogP contribution in [-0.2, 0) is 9.59 Å². The number of nitriles is 1. The van der Waals surface area contributed by atoms with Gasteiger partial charge >= 0.3 is 0 Å². The van der Waals surface area contributed by atoms with Crippen molar-refractivity contribution in [3.63, 3.8) is 0 Å². The molecule has 4 nitrogen and oxygen atoms in total. The summed E-state index contributed by atoms with van der Waals surface area (Å²) < 4.78 is 0. The molecule has 21 heavy (non-hydrogen) atoms. The largest absolute Gasteiger partial charge is 0.358 e. The number of amides is 1. The van der Waals surface area contributed by atoms with Crippen molar-refractivity contribution in [3.05, 3.63) is 35.4 Å². The molecule has 3 atom stereocenters. The monoisotopic (exact) mass is 284 g/mol. The highest BCUT2D eigenvalue weighted by Crippen LogP contribution is 2.49. The van der Waals surface area contributed by atoms with Gasteiger partial charge in [-0.3, -0.25) is 9.59 Å². The van der Waals surface area contributed by atoms with Crippen LogP contribution in [0.5, 0.6) is 0 Å². The van der Waals surface area contributed by atoms with E-state index in [2.05, 4.69) is 43.4 Å². The Hall–Kier alpha value is -2.15. The Kier molecular flexibility index (Phi) is 4.42. The fourth-order valence-corrected chi connectivity index (χ4v) is 2.62. The zero-order valence-electron chi connectivity index (χ0n) is 12.6. The third kappa shape index (κ3) is 3.13. The standard InChI is InChI=1S/C17H20N2O2/c1-10(2)11-4-6-12(7-5-11)13-8-14(13)16(20)15(9-18)17(21)19-3/h4-7,10,13-15H,8H2,1-3H3,(H,19,21)/t13-,14+,15+/m0/s1. The van der Waals surface area contributed by atoms with Gasteiger partial charge in [-0.15, -0.1) is 0 Å². The van der Waals surface area contributed by atoms with Gasteiger partial charge in [0.25, 0.3) is 0 Å². The fourth-order valence-electron chi connectivity index (χ4n) is 2.62. The summed E-state index contributed by atoms with van der Waals surface area (Å²) >= 11 is 0. The van der Waals surface area contributed by atoms with E-state index >= 15 is 0 Å². The molecule has 0 radical (unpaired) electrons. The molecule has 4 heteroatoms. The van der Waals surface area contributed by atoms with Crippen LogP contribution in [-0.4, -0.2) is 18.7 Å². The van der Waals surface area contributed by atoms with Gasteiger partial charge < -0.3 is 5.32 Å². The lowest BCUT2D eigenvalue weighted by Crippen LogP contribution is -2.33. The molecule has 1 aliphatic rings. The molecule has 1 aliphatic carbocycles. The topological polar surface area (TPSA) is 70.0 Å². The third-order valence-corrected chi connectivity index (χ3v) is 4.11. The molecule has 2 rings (SSSR count). The van der Waals surface area contributed by atoms with Crippen LogP contribution in [0.1, 0.15) is 43.2 Å². The van der Waals surface area contributed by atoms with E-state index < -0.39 is 11.8 Å². The van der Waals surface area contributed by atoms with Gasteiger partial charge in [0, 0.05) is 13.0 Å². The van der Waals surface area contributed by atoms with Crippen molar-refractivity contribution < 1.29 is 9.59 Å². The summed E-state index contributed by atoms with van der Waals surface area (Å²) in [7, 11) is 1.44. The Morgan fingerprint density at radius 2 is 1.90 bits per heavy atom. The zero-order valence-corrected chi connectivity index (χ0v) is 12.6. The molecule has 0 spiro atoms. The van der Waals surface area contributed by atoms with Gasteiger partial charge in [0.2, 0.25) is 5.91 Å². The van der Waals surface area contributed by atoms with Crippen LogP contribution >= 0.6 is 0 Å². The Morgan fingerprint density at radius 3 is 2.38 bits per heavy atom. The van der Waals surface area contributed by atoms with Crippen LogP contribution < -0.4 is 5.32 Å². The minimum Gasteiger partial charge on any atom is -0.358 e. The molecule has 1 N–H and O–H groups in total. The number of hydrogen-bond donors (Lipinski definition) is 1. The zero-order chi connectivity index (χ0) is 15.6. The van der Waals surface area contributed by atoms with E-state index in [1.165, 1.54) is 12.6 Å². The van der Waals surface area contributed by atoms with Crippen molar-refractivity contribution in [2.24, 2.45) is 11.8 Å². The molecule has 110 valence electrons. The smallest absolute Gasteiger partial charge is 0.244 e. The first-order chi connectivity index (χ1) is 9.99. The van der Waals surface area contributed by atoms with Crippen molar-refractivity contribution in [3.8, 4) is 6.07 Å². The maximum atomic E-state index is 12.2. The van der Waals surface area contributed by atoms with Gasteiger partial charge in [0.05, 0.1) is 6.07 Å². The summed E-state index contributed by atoms with van der Waals surface area (Å²) in [5, 5.41) is 11.4. The highest BCUT2D eigenvalue weighted by atomic mass is 16.2. The highest BCUT2D eigenvalue weighted by molar-refractivity contribution is 6.06. The SMILES string of the molecule is CNC(=O)[C@H](C#N)C(=O)[C@@H]1C[C@H]1c1ccc(C(C)C)cc1. The number of benzene rings is 1. The van der Waals surface area contributed by atoms with Crippen LogP contribution in [0.2, 0.25) is 0 Å². The second-order valence-corrected chi connectivity index (χ2v) is 5.85. The van der Waals surface area contributed by atoms with Crippen LogP contribution in [0.4, 0.5) is 0 Å². The molecule has 1 amide bonds. The molecule has 1 fully saturated rings. The molecule has 0 aromatic heterocycles. The first-order valence-electron chi connectivity index (χ1n) is 7.24. The van der Waals surface area contributed by atoms with E-state index in [1.54, 1.807) is 0 Å². The first-order valence-corrected chi connectivity index (χ1v) is 7.24. The normalized spacial score (nSPS) is 21.5. The van der Waals surface area contributed by atoms with Gasteiger partial charge in [-0.25, -0.2) is 0 Å². The lowest BCUT2D eigenvalue weighted by atomic mass is 9.96. The molecule has 0 saturated heterocycles. The van der Waals surface area contributed by atoms with E-state index in [4.69, 9.17) is 5.26 Å². The van der Waals surface area contributed by atoms with E-state index in [0.717, 1.165) is 12.0 Å². The van der Waals surface area contributed by atoms with Gasteiger partial charge in [-0.1, -0.05) is 38.1 Å². The summed E-state index contributed by atoms with van der Waals surface area (Å²) in [5.41, 5.74) is 2.38. The van der Waals surface area contributed by atoms with Gasteiger partial charge in [0.15, 0.2) is 11.7 Å². The molecule has 1 aromatic rings. The van der Waals surface area contributed by atoms with Crippen LogP contribution in [0.25, 0.3) is 0 Å². The number of hydrogen-bond acceptors (Lipinski definition) is 3. The van der Waals surface area contributed by atoms with Crippen LogP contribution in [0.3, 0.4) is 0 Å². The number of carbonyl (C=O) groups excluding carboxylic acids is 2. The van der Waals surface area contributed by atoms with Crippen molar-refractivity contribution in [1.29, 1.82) is 5.26 Å². The van der Waals surface area contributed by atoms with E-state index in [1.807, 2.05) is 6.07 Å². The molecule has 0 heterocycles. The van der Waals surface area contributed by atoms with Gasteiger partial charge in [-0.05, 0) is 29.4 Å². The quantitative estimate of drug-likeness (QED) is 0.844. The lowest BCUT2D eigenvalue weighted by molar-refractivity contribution is -0.132. The highest BCUT2D eigenvalue weighted by Gasteiger charge is 2.47. The van der Waals surface area contributed by atoms with E-state index in [0.29, 0.717) is 5.92 Å². The van der Waals surface area contributed by atoms with Crippen LogP contribution in [0.15, 0.2) is 24.3 Å². The summed E-state index contributed by atoms with van der Waals surface area (Å²) in [6.07, 6.45) is 0.731. The third-order valence-electron chi connectivity index (χ3n) is 4.11. The second-order valence-electron chi connectivity index (χ2n) is 5.85. The average molecular weight is 284 g/mol. The first kappa shape index (κ1) is 15.2. The van der Waals surface area contributed by atoms with Crippen molar-refractivity contribution in [1.82, 2.24) is 5.32 Å². The summed E-state index contributed by atoms with van der Waals surface area (Å²) in [6, 6.07) is 10.1. The maximum absolute atomic E-state index is 12.2. The Bertz CT molecular complexity index is 584. The molecule has 0 unspecified atom stereocenters. The Labute approximate surface area is 125 Å². The fraction of sp³-hybridized carbons (Fsp3) is 0.471. The van der Waals surface area contributed by atoms with Crippen molar-refractivity contribution >= 4 is 11.7 Å². The minimum absolute atomic E-state index is 0.152. The molecule has 1 aromatic carbocycles. The number of ketones is 1. The van der Waals surface area contributed by atoms with Crippen LogP contribution in [0, 0.1) is 23.2 Å². The predicted molar refractivity (Wildman–Crippen MR) is 79.6 cm³/mol. The maximum Gasteiger partial charge on any atom is 0.244 e. The van der Waals surface area contributed by atoms with E-state index in [9.17, 15) is 9.59 Å². The number of carbonyl (C=O) groups is 2. The van der Waals surface area contributed by atoms with E-state index in [-0.39, 0.29) is 17.6 Å². The van der Waals surface area contributed by atoms with Gasteiger partial charge in [0.1, 0.15) is 0 Å². The predicted octanol–water partition coefficient (Wildman–Crippen LogP) is 2.37. The average Bonchev–Trinajstić information content (AvgIpc) is 3.28. The molecular weight excluding hydrogens is 264 g/mol. The Balaban J connectivity index is 2.05. The number of Topliss-reactive ketones (excluding diaryl/α,β-unsaturated/α-hetero) is 1. The minimum atomic E-state index is -1.18. The lowest BCUT2D eigenvalue weighted by Gasteiger charge is -2.08. The summed E-state index contributed by atoms with van der Waals surface area (Å²) in [4.78, 5) is 23.7. The summed E-state index contributed by atoms with van der Waals surface area (Å²) in [6.45, 7) is 4.28. The van der Waals surface area contributed by atoms with Gasteiger partial charge in [-0.2, -0.15) is 5.26 Å². The Morgan fingerprint density at radius 1 is 1.29 bits per heavy atom.